The van der Waals surface area contributed by atoms with Gasteiger partial charge in [-0.1, -0.05) is 13.8 Å². The molecule has 1 saturated heterocycles. The molecule has 0 spiro atoms. The SMILES string of the molecule is CN[C@@H](CC(C)C)C(=O)N[C@H]1CCN2C(=O)c3cc(-c4ccco4)ccc3NC(=O)[C@@H]2C1. The largest absolute Gasteiger partial charge is 0.464 e. The number of nitrogens with zero attached hydrogens (tertiary/aromatic N) is 1. The number of carbonyl (C=O) groups is 3. The Hall–Kier alpha value is -3.13. The van der Waals surface area contributed by atoms with Gasteiger partial charge in [0.2, 0.25) is 11.8 Å². The van der Waals surface area contributed by atoms with Crippen LogP contribution in [-0.2, 0) is 9.59 Å². The van der Waals surface area contributed by atoms with Crippen LogP contribution in [0.25, 0.3) is 11.3 Å². The molecule has 8 heteroatoms. The van der Waals surface area contributed by atoms with E-state index in [9.17, 15) is 14.4 Å². The fourth-order valence-corrected chi connectivity index (χ4v) is 4.51. The highest BCUT2D eigenvalue weighted by Crippen LogP contribution is 2.32. The second kappa shape index (κ2) is 9.16. The number of benzene rings is 1. The van der Waals surface area contributed by atoms with Gasteiger partial charge in [-0.25, -0.2) is 0 Å². The van der Waals surface area contributed by atoms with Crippen molar-refractivity contribution >= 4 is 23.4 Å². The van der Waals surface area contributed by atoms with Crippen LogP contribution in [0.3, 0.4) is 0 Å². The minimum absolute atomic E-state index is 0.0635. The van der Waals surface area contributed by atoms with E-state index in [1.165, 1.54) is 0 Å². The molecule has 0 bridgehead atoms. The maximum Gasteiger partial charge on any atom is 0.256 e. The quantitative estimate of drug-likeness (QED) is 0.643. The first kappa shape index (κ1) is 22.1. The van der Waals surface area contributed by atoms with Gasteiger partial charge < -0.3 is 25.3 Å². The monoisotopic (exact) mass is 438 g/mol. The van der Waals surface area contributed by atoms with Crippen LogP contribution in [0.15, 0.2) is 41.0 Å². The molecule has 4 rings (SSSR count). The van der Waals surface area contributed by atoms with Crippen molar-refractivity contribution in [2.45, 2.75) is 51.2 Å². The Morgan fingerprint density at radius 1 is 1.28 bits per heavy atom. The van der Waals surface area contributed by atoms with Crippen LogP contribution in [0.2, 0.25) is 0 Å². The summed E-state index contributed by atoms with van der Waals surface area (Å²) in [5.41, 5.74) is 1.72. The molecular formula is C24H30N4O4. The standard InChI is InChI=1S/C24H30N4O4/c1-14(2)11-19(25-3)22(29)26-16-8-9-28-20(13-16)23(30)27-18-7-6-15(12-17(18)24(28)31)21-5-4-10-32-21/h4-7,10,12,14,16,19-20,25H,8-9,11,13H2,1-3H3,(H,26,29)(H,27,30)/t16-,19-,20-/m0/s1. The summed E-state index contributed by atoms with van der Waals surface area (Å²) in [5.74, 6) is 0.569. The molecule has 8 nitrogen and oxygen atoms in total. The van der Waals surface area contributed by atoms with Gasteiger partial charge in [0.1, 0.15) is 11.8 Å². The number of hydrogen-bond donors (Lipinski definition) is 3. The second-order valence-corrected chi connectivity index (χ2v) is 8.94. The summed E-state index contributed by atoms with van der Waals surface area (Å²) in [5, 5.41) is 9.05. The van der Waals surface area contributed by atoms with Crippen molar-refractivity contribution in [2.24, 2.45) is 5.92 Å². The van der Waals surface area contributed by atoms with E-state index < -0.39 is 6.04 Å². The number of likely N-dealkylation sites (N-methyl/N-ethyl adjacent to an activating group) is 1. The van der Waals surface area contributed by atoms with Crippen LogP contribution in [-0.4, -0.2) is 54.3 Å². The normalized spacial score (nSPS) is 21.4. The molecule has 2 aliphatic heterocycles. The van der Waals surface area contributed by atoms with Crippen molar-refractivity contribution in [3.8, 4) is 11.3 Å². The lowest BCUT2D eigenvalue weighted by Crippen LogP contribution is -2.56. The zero-order valence-corrected chi connectivity index (χ0v) is 18.7. The van der Waals surface area contributed by atoms with Gasteiger partial charge in [0.15, 0.2) is 0 Å². The number of furan rings is 1. The molecule has 3 atom stereocenters. The summed E-state index contributed by atoms with van der Waals surface area (Å²) < 4.78 is 5.45. The van der Waals surface area contributed by atoms with Crippen LogP contribution in [0.1, 0.15) is 43.5 Å². The molecule has 3 amide bonds. The molecule has 1 aromatic heterocycles. The first-order valence-electron chi connectivity index (χ1n) is 11.1. The van der Waals surface area contributed by atoms with Crippen LogP contribution >= 0.6 is 0 Å². The van der Waals surface area contributed by atoms with Crippen molar-refractivity contribution in [1.29, 1.82) is 0 Å². The first-order chi connectivity index (χ1) is 15.4. The molecular weight excluding hydrogens is 408 g/mol. The molecule has 2 aromatic rings. The number of carbonyl (C=O) groups excluding carboxylic acids is 3. The van der Waals surface area contributed by atoms with E-state index in [1.54, 1.807) is 36.4 Å². The van der Waals surface area contributed by atoms with Crippen LogP contribution in [0.5, 0.6) is 0 Å². The minimum Gasteiger partial charge on any atom is -0.464 e. The predicted molar refractivity (Wildman–Crippen MR) is 121 cm³/mol. The molecule has 2 aliphatic rings. The van der Waals surface area contributed by atoms with Crippen LogP contribution < -0.4 is 16.0 Å². The Morgan fingerprint density at radius 2 is 2.09 bits per heavy atom. The van der Waals surface area contributed by atoms with Gasteiger partial charge in [-0.15, -0.1) is 0 Å². The Balaban J connectivity index is 1.50. The van der Waals surface area contributed by atoms with Gasteiger partial charge in [-0.3, -0.25) is 14.4 Å². The fraction of sp³-hybridized carbons (Fsp3) is 0.458. The van der Waals surface area contributed by atoms with Gasteiger partial charge in [-0.05, 0) is 62.6 Å². The van der Waals surface area contributed by atoms with Crippen molar-refractivity contribution in [3.05, 3.63) is 42.2 Å². The number of rotatable bonds is 6. The number of fused-ring (bicyclic) bond motifs is 2. The molecule has 0 unspecified atom stereocenters. The Kier molecular flexibility index (Phi) is 6.32. The molecule has 1 aromatic carbocycles. The molecule has 3 heterocycles. The maximum absolute atomic E-state index is 13.3. The first-order valence-corrected chi connectivity index (χ1v) is 11.1. The highest BCUT2D eigenvalue weighted by Gasteiger charge is 2.40. The summed E-state index contributed by atoms with van der Waals surface area (Å²) >= 11 is 0. The third-order valence-corrected chi connectivity index (χ3v) is 6.20. The smallest absolute Gasteiger partial charge is 0.256 e. The third-order valence-electron chi connectivity index (χ3n) is 6.20. The lowest BCUT2D eigenvalue weighted by Gasteiger charge is -2.37. The van der Waals surface area contributed by atoms with Crippen molar-refractivity contribution in [2.75, 3.05) is 18.9 Å². The number of anilines is 1. The van der Waals surface area contributed by atoms with Crippen LogP contribution in [0.4, 0.5) is 5.69 Å². The van der Waals surface area contributed by atoms with Gasteiger partial charge in [-0.2, -0.15) is 0 Å². The Morgan fingerprint density at radius 3 is 2.78 bits per heavy atom. The van der Waals surface area contributed by atoms with E-state index in [0.29, 0.717) is 42.3 Å². The van der Waals surface area contributed by atoms with Gasteiger partial charge in [0, 0.05) is 18.2 Å². The molecule has 0 radical (unpaired) electrons. The zero-order valence-electron chi connectivity index (χ0n) is 18.7. The van der Waals surface area contributed by atoms with Crippen molar-refractivity contribution in [3.63, 3.8) is 0 Å². The topological polar surface area (TPSA) is 104 Å². The zero-order chi connectivity index (χ0) is 22.8. The summed E-state index contributed by atoms with van der Waals surface area (Å²) in [6.45, 7) is 4.56. The minimum atomic E-state index is -0.626. The van der Waals surface area contributed by atoms with E-state index in [-0.39, 0.29) is 29.8 Å². The van der Waals surface area contributed by atoms with E-state index >= 15 is 0 Å². The molecule has 0 aliphatic carbocycles. The number of hydrogen-bond acceptors (Lipinski definition) is 5. The maximum atomic E-state index is 13.3. The lowest BCUT2D eigenvalue weighted by molar-refractivity contribution is -0.126. The van der Waals surface area contributed by atoms with Crippen molar-refractivity contribution in [1.82, 2.24) is 15.5 Å². The lowest BCUT2D eigenvalue weighted by atomic mass is 9.95. The average Bonchev–Trinajstić information content (AvgIpc) is 3.29. The number of amides is 3. The molecule has 3 N–H and O–H groups in total. The van der Waals surface area contributed by atoms with E-state index in [1.807, 2.05) is 12.1 Å². The van der Waals surface area contributed by atoms with Crippen molar-refractivity contribution < 1.29 is 18.8 Å². The molecule has 170 valence electrons. The summed E-state index contributed by atoms with van der Waals surface area (Å²) in [6, 6.07) is 7.88. The molecule has 1 fully saturated rings. The Labute approximate surface area is 187 Å². The number of piperidine rings is 1. The van der Waals surface area contributed by atoms with Crippen LogP contribution in [0, 0.1) is 5.92 Å². The fourth-order valence-electron chi connectivity index (χ4n) is 4.51. The van der Waals surface area contributed by atoms with E-state index in [4.69, 9.17) is 4.42 Å². The van der Waals surface area contributed by atoms with Gasteiger partial charge >= 0.3 is 0 Å². The summed E-state index contributed by atoms with van der Waals surface area (Å²) in [7, 11) is 1.78. The highest BCUT2D eigenvalue weighted by molar-refractivity contribution is 6.10. The second-order valence-electron chi connectivity index (χ2n) is 8.94. The highest BCUT2D eigenvalue weighted by atomic mass is 16.3. The van der Waals surface area contributed by atoms with E-state index in [2.05, 4.69) is 29.8 Å². The molecule has 0 saturated carbocycles. The Bertz CT molecular complexity index is 1000. The average molecular weight is 439 g/mol. The molecule has 32 heavy (non-hydrogen) atoms. The third kappa shape index (κ3) is 4.41. The van der Waals surface area contributed by atoms with Gasteiger partial charge in [0.05, 0.1) is 23.6 Å². The van der Waals surface area contributed by atoms with Gasteiger partial charge in [0.25, 0.3) is 5.91 Å². The predicted octanol–water partition coefficient (Wildman–Crippen LogP) is 2.62. The summed E-state index contributed by atoms with van der Waals surface area (Å²) in [6.07, 6.45) is 3.31. The van der Waals surface area contributed by atoms with E-state index in [0.717, 1.165) is 12.0 Å². The number of nitrogens with one attached hydrogen (secondary N) is 3. The summed E-state index contributed by atoms with van der Waals surface area (Å²) in [4.78, 5) is 40.7.